The molecule has 7 heteroatoms. The molecular weight excluding hydrogens is 308 g/mol. The lowest BCUT2D eigenvalue weighted by Gasteiger charge is -2.41. The van der Waals surface area contributed by atoms with Crippen LogP contribution in [0, 0.1) is 0 Å². The molecule has 2 saturated heterocycles. The zero-order valence-electron chi connectivity index (χ0n) is 14.4. The van der Waals surface area contributed by atoms with Gasteiger partial charge >= 0.3 is 0 Å². The molecule has 1 aromatic rings. The highest BCUT2D eigenvalue weighted by Crippen LogP contribution is 2.27. The molecule has 1 aromatic heterocycles. The third-order valence-corrected chi connectivity index (χ3v) is 4.81. The van der Waals surface area contributed by atoms with Crippen LogP contribution in [0.1, 0.15) is 26.0 Å². The SMILES string of the molecule is COc1cccc(CN2CC3CC(NC(C)=O)CN3C(=O)C2C)n1. The van der Waals surface area contributed by atoms with Gasteiger partial charge in [-0.1, -0.05) is 6.07 Å². The Morgan fingerprint density at radius 3 is 2.92 bits per heavy atom. The highest BCUT2D eigenvalue weighted by atomic mass is 16.5. The average molecular weight is 332 g/mol. The molecule has 2 aliphatic rings. The topological polar surface area (TPSA) is 74.8 Å². The molecule has 0 aromatic carbocycles. The third kappa shape index (κ3) is 3.36. The van der Waals surface area contributed by atoms with Gasteiger partial charge in [0.1, 0.15) is 0 Å². The predicted octanol–water partition coefficient (Wildman–Crippen LogP) is 0.400. The fourth-order valence-electron chi connectivity index (χ4n) is 3.65. The number of nitrogens with zero attached hydrogens (tertiary/aromatic N) is 3. The van der Waals surface area contributed by atoms with E-state index in [9.17, 15) is 9.59 Å². The van der Waals surface area contributed by atoms with Crippen molar-refractivity contribution >= 4 is 11.8 Å². The van der Waals surface area contributed by atoms with E-state index in [-0.39, 0.29) is 29.9 Å². The molecule has 130 valence electrons. The van der Waals surface area contributed by atoms with E-state index in [0.717, 1.165) is 18.7 Å². The van der Waals surface area contributed by atoms with Gasteiger partial charge in [0.05, 0.1) is 18.8 Å². The normalized spacial score (nSPS) is 27.0. The van der Waals surface area contributed by atoms with Crippen molar-refractivity contribution in [3.63, 3.8) is 0 Å². The Bertz CT molecular complexity index is 636. The highest BCUT2D eigenvalue weighted by molar-refractivity contribution is 5.83. The first-order valence-corrected chi connectivity index (χ1v) is 8.29. The van der Waals surface area contributed by atoms with Crippen LogP contribution in [0.2, 0.25) is 0 Å². The number of piperazine rings is 1. The predicted molar refractivity (Wildman–Crippen MR) is 88.4 cm³/mol. The molecule has 0 radical (unpaired) electrons. The number of fused-ring (bicyclic) bond motifs is 1. The molecule has 2 aliphatic heterocycles. The Kier molecular flexibility index (Phi) is 4.71. The van der Waals surface area contributed by atoms with Gasteiger partial charge in [0.25, 0.3) is 0 Å². The first-order chi connectivity index (χ1) is 11.5. The monoisotopic (exact) mass is 332 g/mol. The van der Waals surface area contributed by atoms with Crippen LogP contribution in [0.25, 0.3) is 0 Å². The number of nitrogens with one attached hydrogen (secondary N) is 1. The van der Waals surface area contributed by atoms with Crippen LogP contribution in [0.15, 0.2) is 18.2 Å². The van der Waals surface area contributed by atoms with Crippen LogP contribution in [0.5, 0.6) is 5.88 Å². The van der Waals surface area contributed by atoms with Gasteiger partial charge < -0.3 is 15.0 Å². The molecule has 7 nitrogen and oxygen atoms in total. The summed E-state index contributed by atoms with van der Waals surface area (Å²) in [7, 11) is 1.59. The second kappa shape index (κ2) is 6.76. The number of rotatable bonds is 4. The molecule has 2 fully saturated rings. The van der Waals surface area contributed by atoms with Crippen LogP contribution in [0.3, 0.4) is 0 Å². The standard InChI is InChI=1S/C17H24N4O3/c1-11-17(23)21-9-14(18-12(2)22)7-15(21)10-20(11)8-13-5-4-6-16(19-13)24-3/h4-6,11,14-15H,7-10H2,1-3H3,(H,18,22). The molecular formula is C17H24N4O3. The summed E-state index contributed by atoms with van der Waals surface area (Å²) in [6.45, 7) is 5.47. The number of aromatic nitrogens is 1. The van der Waals surface area contributed by atoms with Gasteiger partial charge in [-0.25, -0.2) is 4.98 Å². The second-order valence-corrected chi connectivity index (χ2v) is 6.55. The molecule has 3 unspecified atom stereocenters. The number of carbonyl (C=O) groups is 2. The molecule has 3 heterocycles. The van der Waals surface area contributed by atoms with Gasteiger partial charge in [-0.3, -0.25) is 14.5 Å². The first-order valence-electron chi connectivity index (χ1n) is 8.29. The summed E-state index contributed by atoms with van der Waals surface area (Å²) in [5.74, 6) is 0.663. The van der Waals surface area contributed by atoms with Crippen LogP contribution in [0.4, 0.5) is 0 Å². The van der Waals surface area contributed by atoms with E-state index in [0.29, 0.717) is 19.0 Å². The van der Waals surface area contributed by atoms with Gasteiger partial charge in [-0.2, -0.15) is 0 Å². The number of pyridine rings is 1. The number of amides is 2. The van der Waals surface area contributed by atoms with Gasteiger partial charge in [-0.05, 0) is 19.4 Å². The number of hydrogen-bond donors (Lipinski definition) is 1. The maximum atomic E-state index is 12.7. The van der Waals surface area contributed by atoms with Crippen molar-refractivity contribution in [3.05, 3.63) is 23.9 Å². The summed E-state index contributed by atoms with van der Waals surface area (Å²) < 4.78 is 5.17. The quantitative estimate of drug-likeness (QED) is 0.864. The van der Waals surface area contributed by atoms with Crippen LogP contribution < -0.4 is 10.1 Å². The van der Waals surface area contributed by atoms with Crippen LogP contribution in [-0.4, -0.2) is 64.9 Å². The van der Waals surface area contributed by atoms with Crippen molar-refractivity contribution in [1.29, 1.82) is 0 Å². The molecule has 3 atom stereocenters. The second-order valence-electron chi connectivity index (χ2n) is 6.55. The van der Waals surface area contributed by atoms with Crippen molar-refractivity contribution < 1.29 is 14.3 Å². The van der Waals surface area contributed by atoms with E-state index in [4.69, 9.17) is 4.74 Å². The van der Waals surface area contributed by atoms with Crippen molar-refractivity contribution in [3.8, 4) is 5.88 Å². The lowest BCUT2D eigenvalue weighted by molar-refractivity contribution is -0.143. The number of carbonyl (C=O) groups excluding carboxylic acids is 2. The Hall–Kier alpha value is -2.15. The molecule has 24 heavy (non-hydrogen) atoms. The minimum absolute atomic E-state index is 0.0437. The van der Waals surface area contributed by atoms with Crippen molar-refractivity contribution in [2.24, 2.45) is 0 Å². The smallest absolute Gasteiger partial charge is 0.240 e. The van der Waals surface area contributed by atoms with Crippen molar-refractivity contribution in [1.82, 2.24) is 20.1 Å². The van der Waals surface area contributed by atoms with E-state index >= 15 is 0 Å². The van der Waals surface area contributed by atoms with Gasteiger partial charge in [0.2, 0.25) is 17.7 Å². The van der Waals surface area contributed by atoms with E-state index in [1.54, 1.807) is 7.11 Å². The summed E-state index contributed by atoms with van der Waals surface area (Å²) in [4.78, 5) is 32.5. The first kappa shape index (κ1) is 16.7. The number of hydrogen-bond acceptors (Lipinski definition) is 5. The molecule has 0 saturated carbocycles. The molecule has 1 N–H and O–H groups in total. The Morgan fingerprint density at radius 2 is 2.21 bits per heavy atom. The van der Waals surface area contributed by atoms with E-state index in [1.807, 2.05) is 30.0 Å². The van der Waals surface area contributed by atoms with Crippen LogP contribution >= 0.6 is 0 Å². The molecule has 3 rings (SSSR count). The van der Waals surface area contributed by atoms with Gasteiger partial charge in [-0.15, -0.1) is 0 Å². The summed E-state index contributed by atoms with van der Waals surface area (Å²) >= 11 is 0. The highest BCUT2D eigenvalue weighted by Gasteiger charge is 2.43. The Balaban J connectivity index is 1.70. The summed E-state index contributed by atoms with van der Waals surface area (Å²) in [5.41, 5.74) is 0.888. The van der Waals surface area contributed by atoms with Crippen molar-refractivity contribution in [2.75, 3.05) is 20.2 Å². The summed E-state index contributed by atoms with van der Waals surface area (Å²) in [6, 6.07) is 5.68. The third-order valence-electron chi connectivity index (χ3n) is 4.81. The number of methoxy groups -OCH3 is 1. The largest absolute Gasteiger partial charge is 0.481 e. The van der Waals surface area contributed by atoms with Gasteiger partial charge in [0.15, 0.2) is 0 Å². The molecule has 2 amide bonds. The summed E-state index contributed by atoms with van der Waals surface area (Å²) in [6.07, 6.45) is 0.806. The van der Waals surface area contributed by atoms with E-state index in [1.165, 1.54) is 6.92 Å². The zero-order valence-corrected chi connectivity index (χ0v) is 14.4. The molecule has 0 bridgehead atoms. The Labute approximate surface area is 142 Å². The molecule has 0 spiro atoms. The van der Waals surface area contributed by atoms with Gasteiger partial charge in [0, 0.05) is 44.7 Å². The summed E-state index contributed by atoms with van der Waals surface area (Å²) in [5, 5.41) is 2.93. The minimum atomic E-state index is -0.190. The lowest BCUT2D eigenvalue weighted by Crippen LogP contribution is -2.58. The van der Waals surface area contributed by atoms with E-state index in [2.05, 4.69) is 15.2 Å². The minimum Gasteiger partial charge on any atom is -0.481 e. The Morgan fingerprint density at radius 1 is 1.42 bits per heavy atom. The lowest BCUT2D eigenvalue weighted by atomic mass is 10.1. The van der Waals surface area contributed by atoms with E-state index < -0.39 is 0 Å². The average Bonchev–Trinajstić information content (AvgIpc) is 2.94. The fourth-order valence-corrected chi connectivity index (χ4v) is 3.65. The maximum absolute atomic E-state index is 12.7. The van der Waals surface area contributed by atoms with Crippen molar-refractivity contribution in [2.45, 2.75) is 44.9 Å². The molecule has 0 aliphatic carbocycles. The van der Waals surface area contributed by atoms with Crippen LogP contribution in [-0.2, 0) is 16.1 Å². The zero-order chi connectivity index (χ0) is 17.3. The number of ether oxygens (including phenoxy) is 1. The fraction of sp³-hybridized carbons (Fsp3) is 0.588. The maximum Gasteiger partial charge on any atom is 0.240 e.